The first-order chi connectivity index (χ1) is 12.6. The summed E-state index contributed by atoms with van der Waals surface area (Å²) in [5.74, 6) is -1.99. The van der Waals surface area contributed by atoms with Gasteiger partial charge in [0.25, 0.3) is 5.91 Å². The first kappa shape index (κ1) is 17.5. The van der Waals surface area contributed by atoms with Gasteiger partial charge in [-0.25, -0.2) is 9.59 Å². The van der Waals surface area contributed by atoms with E-state index in [1.807, 2.05) is 0 Å². The van der Waals surface area contributed by atoms with E-state index >= 15 is 0 Å². The third kappa shape index (κ3) is 3.67. The molecule has 9 heteroatoms. The molecule has 3 aromatic rings. The van der Waals surface area contributed by atoms with Gasteiger partial charge in [0.1, 0.15) is 11.0 Å². The van der Waals surface area contributed by atoms with Gasteiger partial charge in [-0.3, -0.25) is 4.79 Å². The van der Waals surface area contributed by atoms with Gasteiger partial charge in [-0.05, 0) is 24.3 Å². The Morgan fingerprint density at radius 2 is 1.73 bits per heavy atom. The SMILES string of the molecule is COC(=O)c1ccccc1C(=O)OCC(=O)Nc1cccc2nsnc12. The Balaban J connectivity index is 1.66. The van der Waals surface area contributed by atoms with E-state index in [9.17, 15) is 14.4 Å². The third-order valence-electron chi connectivity index (χ3n) is 3.45. The topological polar surface area (TPSA) is 107 Å². The molecule has 0 spiro atoms. The molecule has 2 aromatic carbocycles. The summed E-state index contributed by atoms with van der Waals surface area (Å²) in [7, 11) is 1.21. The largest absolute Gasteiger partial charge is 0.465 e. The van der Waals surface area contributed by atoms with Gasteiger partial charge >= 0.3 is 11.9 Å². The van der Waals surface area contributed by atoms with Gasteiger partial charge in [0.2, 0.25) is 0 Å². The minimum atomic E-state index is -0.797. The summed E-state index contributed by atoms with van der Waals surface area (Å²) in [5.41, 5.74) is 1.80. The summed E-state index contributed by atoms with van der Waals surface area (Å²) in [6.45, 7) is -0.512. The van der Waals surface area contributed by atoms with E-state index in [1.54, 1.807) is 30.3 Å². The zero-order valence-corrected chi connectivity index (χ0v) is 14.4. The van der Waals surface area contributed by atoms with Gasteiger partial charge in [-0.15, -0.1) is 0 Å². The minimum Gasteiger partial charge on any atom is -0.465 e. The van der Waals surface area contributed by atoms with Gasteiger partial charge in [0.15, 0.2) is 6.61 Å². The highest BCUT2D eigenvalue weighted by Gasteiger charge is 2.19. The lowest BCUT2D eigenvalue weighted by Gasteiger charge is -2.09. The third-order valence-corrected chi connectivity index (χ3v) is 3.99. The Morgan fingerprint density at radius 3 is 2.46 bits per heavy atom. The molecule has 0 saturated heterocycles. The molecule has 1 heterocycles. The average molecular weight is 371 g/mol. The van der Waals surface area contributed by atoms with E-state index in [0.29, 0.717) is 16.7 Å². The summed E-state index contributed by atoms with van der Waals surface area (Å²) in [6, 6.07) is 11.2. The first-order valence-corrected chi connectivity index (χ1v) is 8.19. The molecule has 26 heavy (non-hydrogen) atoms. The van der Waals surface area contributed by atoms with Gasteiger partial charge in [-0.2, -0.15) is 8.75 Å². The van der Waals surface area contributed by atoms with Crippen LogP contribution in [0.4, 0.5) is 5.69 Å². The maximum absolute atomic E-state index is 12.2. The molecule has 0 bridgehead atoms. The van der Waals surface area contributed by atoms with E-state index in [0.717, 1.165) is 11.7 Å². The van der Waals surface area contributed by atoms with Crippen LogP contribution in [0.5, 0.6) is 0 Å². The Kier molecular flexibility index (Phi) is 5.18. The number of hydrogen-bond acceptors (Lipinski definition) is 8. The van der Waals surface area contributed by atoms with Crippen LogP contribution >= 0.6 is 11.7 Å². The predicted molar refractivity (Wildman–Crippen MR) is 94.1 cm³/mol. The maximum Gasteiger partial charge on any atom is 0.339 e. The number of ether oxygens (including phenoxy) is 2. The van der Waals surface area contributed by atoms with Crippen LogP contribution in [0.2, 0.25) is 0 Å². The molecule has 0 aliphatic rings. The Morgan fingerprint density at radius 1 is 1.00 bits per heavy atom. The van der Waals surface area contributed by atoms with Crippen molar-refractivity contribution in [1.29, 1.82) is 0 Å². The fourth-order valence-electron chi connectivity index (χ4n) is 2.25. The number of anilines is 1. The van der Waals surface area contributed by atoms with Crippen LogP contribution in [0.25, 0.3) is 11.0 Å². The zero-order chi connectivity index (χ0) is 18.5. The summed E-state index contributed by atoms with van der Waals surface area (Å²) in [5, 5.41) is 2.62. The van der Waals surface area contributed by atoms with Crippen LogP contribution in [-0.2, 0) is 14.3 Å². The molecular weight excluding hydrogens is 358 g/mol. The standard InChI is InChI=1S/C17H13N3O5S/c1-24-16(22)10-5-2-3-6-11(10)17(23)25-9-14(21)18-12-7-4-8-13-15(12)20-26-19-13/h2-8H,9H2,1H3,(H,18,21). The molecule has 0 fully saturated rings. The fraction of sp³-hybridized carbons (Fsp3) is 0.118. The van der Waals surface area contributed by atoms with Crippen LogP contribution in [-0.4, -0.2) is 40.3 Å². The number of carbonyl (C=O) groups is 3. The maximum atomic E-state index is 12.2. The summed E-state index contributed by atoms with van der Waals surface area (Å²) in [6.07, 6.45) is 0. The van der Waals surface area contributed by atoms with E-state index in [4.69, 9.17) is 4.74 Å². The molecule has 0 radical (unpaired) electrons. The van der Waals surface area contributed by atoms with Gasteiger partial charge in [0, 0.05) is 0 Å². The normalized spacial score (nSPS) is 10.3. The molecule has 0 aliphatic heterocycles. The molecule has 0 aliphatic carbocycles. The van der Waals surface area contributed by atoms with Crippen molar-refractivity contribution in [3.63, 3.8) is 0 Å². The number of methoxy groups -OCH3 is 1. The first-order valence-electron chi connectivity index (χ1n) is 7.45. The number of esters is 2. The highest BCUT2D eigenvalue weighted by molar-refractivity contribution is 7.00. The van der Waals surface area contributed by atoms with E-state index < -0.39 is 24.5 Å². The molecule has 132 valence electrons. The molecule has 1 N–H and O–H groups in total. The Bertz CT molecular complexity index is 985. The fourth-order valence-corrected chi connectivity index (χ4v) is 2.80. The molecule has 1 amide bonds. The highest BCUT2D eigenvalue weighted by Crippen LogP contribution is 2.21. The number of nitrogens with zero attached hydrogens (tertiary/aromatic N) is 2. The number of nitrogens with one attached hydrogen (secondary N) is 1. The van der Waals surface area contributed by atoms with Crippen molar-refractivity contribution < 1.29 is 23.9 Å². The number of rotatable bonds is 5. The zero-order valence-electron chi connectivity index (χ0n) is 13.6. The van der Waals surface area contributed by atoms with Gasteiger partial charge in [0.05, 0.1) is 35.7 Å². The lowest BCUT2D eigenvalue weighted by molar-refractivity contribution is -0.119. The van der Waals surface area contributed by atoms with E-state index in [2.05, 4.69) is 18.8 Å². The second-order valence-electron chi connectivity index (χ2n) is 5.10. The molecular formula is C17H13N3O5S. The van der Waals surface area contributed by atoms with Crippen molar-refractivity contribution in [2.75, 3.05) is 19.0 Å². The van der Waals surface area contributed by atoms with Crippen molar-refractivity contribution in [2.24, 2.45) is 0 Å². The number of fused-ring (bicyclic) bond motifs is 1. The smallest absolute Gasteiger partial charge is 0.339 e. The van der Waals surface area contributed by atoms with Crippen molar-refractivity contribution in [3.8, 4) is 0 Å². The average Bonchev–Trinajstić information content (AvgIpc) is 3.15. The van der Waals surface area contributed by atoms with E-state index in [-0.39, 0.29) is 11.1 Å². The quantitative estimate of drug-likeness (QED) is 0.686. The Hall–Kier alpha value is -3.33. The summed E-state index contributed by atoms with van der Waals surface area (Å²) < 4.78 is 17.8. The van der Waals surface area contributed by atoms with Crippen molar-refractivity contribution in [2.45, 2.75) is 0 Å². The molecule has 0 unspecified atom stereocenters. The second kappa shape index (κ2) is 7.70. The van der Waals surface area contributed by atoms with Crippen LogP contribution < -0.4 is 5.32 Å². The van der Waals surface area contributed by atoms with Crippen LogP contribution in [0, 0.1) is 0 Å². The number of aromatic nitrogens is 2. The van der Waals surface area contributed by atoms with Crippen LogP contribution in [0.15, 0.2) is 42.5 Å². The van der Waals surface area contributed by atoms with Crippen LogP contribution in [0.1, 0.15) is 20.7 Å². The Labute approximate surface area is 152 Å². The molecule has 1 aromatic heterocycles. The monoisotopic (exact) mass is 371 g/mol. The predicted octanol–water partition coefficient (Wildman–Crippen LogP) is 2.27. The van der Waals surface area contributed by atoms with E-state index in [1.165, 1.54) is 19.2 Å². The summed E-state index contributed by atoms with van der Waals surface area (Å²) in [4.78, 5) is 35.9. The van der Waals surface area contributed by atoms with Crippen molar-refractivity contribution in [3.05, 3.63) is 53.6 Å². The highest BCUT2D eigenvalue weighted by atomic mass is 32.1. The van der Waals surface area contributed by atoms with Crippen LogP contribution in [0.3, 0.4) is 0 Å². The van der Waals surface area contributed by atoms with Gasteiger partial charge in [-0.1, -0.05) is 18.2 Å². The van der Waals surface area contributed by atoms with Crippen molar-refractivity contribution >= 4 is 46.3 Å². The number of hydrogen-bond donors (Lipinski definition) is 1. The molecule has 3 rings (SSSR count). The second-order valence-corrected chi connectivity index (χ2v) is 5.63. The van der Waals surface area contributed by atoms with Crippen molar-refractivity contribution in [1.82, 2.24) is 8.75 Å². The lowest BCUT2D eigenvalue weighted by Crippen LogP contribution is -2.22. The van der Waals surface area contributed by atoms with Gasteiger partial charge < -0.3 is 14.8 Å². The number of benzene rings is 2. The number of carbonyl (C=O) groups excluding carboxylic acids is 3. The number of amides is 1. The molecule has 0 atom stereocenters. The minimum absolute atomic E-state index is 0.0259. The molecule has 0 saturated carbocycles. The summed E-state index contributed by atoms with van der Waals surface area (Å²) >= 11 is 1.04. The lowest BCUT2D eigenvalue weighted by atomic mass is 10.1. The molecule has 8 nitrogen and oxygen atoms in total.